The Hall–Kier alpha value is -1.77. The number of nitrogens with zero attached hydrogens (tertiary/aromatic N) is 1. The average molecular weight is 294 g/mol. The minimum atomic E-state index is 0.132. The molecule has 1 N–H and O–H groups in total. The highest BCUT2D eigenvalue weighted by molar-refractivity contribution is 5.69. The molecule has 3 nitrogen and oxygen atoms in total. The summed E-state index contributed by atoms with van der Waals surface area (Å²) in [6, 6.07) is 9.59. The van der Waals surface area contributed by atoms with Gasteiger partial charge in [-0.05, 0) is 43.7 Å². The third-order valence-electron chi connectivity index (χ3n) is 6.82. The van der Waals surface area contributed by atoms with E-state index in [1.807, 2.05) is 0 Å². The van der Waals surface area contributed by atoms with Crippen molar-refractivity contribution >= 4 is 12.0 Å². The number of para-hydroxylation sites is 1. The first-order valence-electron chi connectivity index (χ1n) is 8.52. The second-order valence-electron chi connectivity index (χ2n) is 7.36. The van der Waals surface area contributed by atoms with Crippen molar-refractivity contribution in [2.24, 2.45) is 11.8 Å². The van der Waals surface area contributed by atoms with E-state index in [1.54, 1.807) is 0 Å². The fraction of sp³-hybridized carbons (Fsp3) is 0.526. The van der Waals surface area contributed by atoms with Crippen molar-refractivity contribution in [2.75, 3.05) is 11.9 Å². The SMILES string of the molecule is CC=C1CC2CC3N1CCC31c3ccccc3NC1C2C=O. The summed E-state index contributed by atoms with van der Waals surface area (Å²) >= 11 is 0. The molecule has 1 spiro atoms. The predicted molar refractivity (Wildman–Crippen MR) is 86.7 cm³/mol. The van der Waals surface area contributed by atoms with Crippen LogP contribution in [0.15, 0.2) is 36.0 Å². The number of piperidine rings is 1. The van der Waals surface area contributed by atoms with Gasteiger partial charge in [-0.2, -0.15) is 0 Å². The molecule has 1 saturated carbocycles. The van der Waals surface area contributed by atoms with E-state index in [2.05, 4.69) is 47.5 Å². The maximum Gasteiger partial charge on any atom is 0.125 e. The summed E-state index contributed by atoms with van der Waals surface area (Å²) in [5.74, 6) is 0.641. The van der Waals surface area contributed by atoms with Crippen molar-refractivity contribution in [3.05, 3.63) is 41.6 Å². The molecule has 5 atom stereocenters. The lowest BCUT2D eigenvalue weighted by Crippen LogP contribution is -2.61. The molecule has 3 heteroatoms. The highest BCUT2D eigenvalue weighted by Gasteiger charge is 2.65. The number of carbonyl (C=O) groups excluding carboxylic acids is 1. The Balaban J connectivity index is 1.74. The summed E-state index contributed by atoms with van der Waals surface area (Å²) in [6.07, 6.45) is 6.93. The number of allylic oxidation sites excluding steroid dienone is 2. The van der Waals surface area contributed by atoms with E-state index >= 15 is 0 Å². The van der Waals surface area contributed by atoms with Crippen molar-refractivity contribution in [3.63, 3.8) is 0 Å². The number of hydrogen-bond donors (Lipinski definition) is 1. The van der Waals surface area contributed by atoms with E-state index in [1.165, 1.54) is 36.1 Å². The van der Waals surface area contributed by atoms with Gasteiger partial charge in [0.1, 0.15) is 6.29 Å². The Morgan fingerprint density at radius 2 is 2.23 bits per heavy atom. The van der Waals surface area contributed by atoms with E-state index in [4.69, 9.17) is 0 Å². The minimum absolute atomic E-state index is 0.132. The summed E-state index contributed by atoms with van der Waals surface area (Å²) in [5.41, 5.74) is 4.31. The van der Waals surface area contributed by atoms with Gasteiger partial charge in [-0.3, -0.25) is 0 Å². The van der Waals surface area contributed by atoms with Crippen molar-refractivity contribution < 1.29 is 4.79 Å². The maximum atomic E-state index is 11.9. The van der Waals surface area contributed by atoms with Crippen LogP contribution >= 0.6 is 0 Å². The van der Waals surface area contributed by atoms with Crippen LogP contribution in [0.2, 0.25) is 0 Å². The number of benzene rings is 1. The van der Waals surface area contributed by atoms with Crippen LogP contribution in [0, 0.1) is 11.8 Å². The van der Waals surface area contributed by atoms with Gasteiger partial charge in [0.25, 0.3) is 0 Å². The van der Waals surface area contributed by atoms with Crippen LogP contribution < -0.4 is 5.32 Å². The van der Waals surface area contributed by atoms with Crippen LogP contribution in [0.4, 0.5) is 5.69 Å². The van der Waals surface area contributed by atoms with Crippen molar-refractivity contribution in [1.29, 1.82) is 0 Å². The highest BCUT2D eigenvalue weighted by atomic mass is 16.1. The predicted octanol–water partition coefficient (Wildman–Crippen LogP) is 2.94. The van der Waals surface area contributed by atoms with Gasteiger partial charge in [-0.25, -0.2) is 0 Å². The monoisotopic (exact) mass is 294 g/mol. The fourth-order valence-electron chi connectivity index (χ4n) is 5.98. The molecular weight excluding hydrogens is 272 g/mol. The Labute approximate surface area is 131 Å². The zero-order valence-electron chi connectivity index (χ0n) is 13.0. The number of aldehydes is 1. The van der Waals surface area contributed by atoms with E-state index in [0.717, 1.165) is 13.0 Å². The van der Waals surface area contributed by atoms with Crippen LogP contribution in [0.25, 0.3) is 0 Å². The van der Waals surface area contributed by atoms with E-state index in [-0.39, 0.29) is 17.4 Å². The minimum Gasteiger partial charge on any atom is -0.380 e. The summed E-state index contributed by atoms with van der Waals surface area (Å²) in [7, 11) is 0. The summed E-state index contributed by atoms with van der Waals surface area (Å²) in [5, 5.41) is 3.74. The molecule has 1 aromatic carbocycles. The van der Waals surface area contributed by atoms with Crippen LogP contribution in [0.1, 0.15) is 31.7 Å². The zero-order chi connectivity index (χ0) is 14.9. The molecule has 3 heterocycles. The van der Waals surface area contributed by atoms with Gasteiger partial charge in [-0.15, -0.1) is 0 Å². The quantitative estimate of drug-likeness (QED) is 0.808. The molecule has 0 amide bonds. The second kappa shape index (κ2) is 4.15. The van der Waals surface area contributed by atoms with Gasteiger partial charge in [0.05, 0.1) is 0 Å². The lowest BCUT2D eigenvalue weighted by atomic mass is 9.56. The van der Waals surface area contributed by atoms with Gasteiger partial charge < -0.3 is 15.0 Å². The van der Waals surface area contributed by atoms with Crippen LogP contribution in [0.5, 0.6) is 0 Å². The molecule has 0 aromatic heterocycles. The number of nitrogens with one attached hydrogen (secondary N) is 1. The maximum absolute atomic E-state index is 11.9. The number of hydrogen-bond acceptors (Lipinski definition) is 3. The highest BCUT2D eigenvalue weighted by Crippen LogP contribution is 2.61. The summed E-state index contributed by atoms with van der Waals surface area (Å²) < 4.78 is 0. The van der Waals surface area contributed by atoms with Crippen LogP contribution in [-0.2, 0) is 10.2 Å². The van der Waals surface area contributed by atoms with Crippen molar-refractivity contribution in [2.45, 2.75) is 43.7 Å². The Morgan fingerprint density at radius 3 is 3.05 bits per heavy atom. The molecule has 3 fully saturated rings. The van der Waals surface area contributed by atoms with E-state index in [0.29, 0.717) is 12.0 Å². The first-order valence-corrected chi connectivity index (χ1v) is 8.52. The lowest BCUT2D eigenvalue weighted by Gasteiger charge is -2.54. The zero-order valence-corrected chi connectivity index (χ0v) is 13.0. The molecular formula is C19H22N2O. The average Bonchev–Trinajstić information content (AvgIpc) is 3.11. The third kappa shape index (κ3) is 1.27. The Bertz CT molecular complexity index is 682. The second-order valence-corrected chi connectivity index (χ2v) is 7.36. The number of carbonyl (C=O) groups is 1. The van der Waals surface area contributed by atoms with Crippen LogP contribution in [0.3, 0.4) is 0 Å². The van der Waals surface area contributed by atoms with Gasteiger partial charge in [0, 0.05) is 41.3 Å². The van der Waals surface area contributed by atoms with E-state index < -0.39 is 0 Å². The molecule has 22 heavy (non-hydrogen) atoms. The van der Waals surface area contributed by atoms with Crippen molar-refractivity contribution in [1.82, 2.24) is 4.90 Å². The van der Waals surface area contributed by atoms with Crippen LogP contribution in [-0.4, -0.2) is 29.8 Å². The fourth-order valence-corrected chi connectivity index (χ4v) is 5.98. The lowest BCUT2D eigenvalue weighted by molar-refractivity contribution is -0.116. The number of fused-ring (bicyclic) bond motifs is 2. The molecule has 2 saturated heterocycles. The van der Waals surface area contributed by atoms with Gasteiger partial charge >= 0.3 is 0 Å². The van der Waals surface area contributed by atoms with Gasteiger partial charge in [-0.1, -0.05) is 24.3 Å². The van der Waals surface area contributed by atoms with Gasteiger partial charge in [0.2, 0.25) is 0 Å². The van der Waals surface area contributed by atoms with Crippen molar-refractivity contribution in [3.8, 4) is 0 Å². The first kappa shape index (κ1) is 12.7. The number of anilines is 1. The van der Waals surface area contributed by atoms with E-state index in [9.17, 15) is 4.79 Å². The normalized spacial score (nSPS) is 42.8. The molecule has 114 valence electrons. The Kier molecular flexibility index (Phi) is 2.41. The molecule has 2 bridgehead atoms. The smallest absolute Gasteiger partial charge is 0.125 e. The number of rotatable bonds is 1. The topological polar surface area (TPSA) is 32.3 Å². The third-order valence-corrected chi connectivity index (χ3v) is 6.82. The summed E-state index contributed by atoms with van der Waals surface area (Å²) in [4.78, 5) is 14.6. The molecule has 1 aromatic rings. The molecule has 0 radical (unpaired) electrons. The molecule has 3 aliphatic heterocycles. The molecule has 5 unspecified atom stereocenters. The Morgan fingerprint density at radius 1 is 1.36 bits per heavy atom. The molecule has 5 rings (SSSR count). The van der Waals surface area contributed by atoms with Gasteiger partial charge in [0.15, 0.2) is 0 Å². The first-order chi connectivity index (χ1) is 10.8. The largest absolute Gasteiger partial charge is 0.380 e. The summed E-state index contributed by atoms with van der Waals surface area (Å²) in [6.45, 7) is 3.28. The molecule has 4 aliphatic rings. The standard InChI is InChI=1S/C19H22N2O/c1-2-13-9-12-10-17-19(7-8-21(13)17)15-5-3-4-6-16(15)20-18(19)14(12)11-22/h2-6,11-12,14,17-18,20H,7-10H2,1H3. The molecule has 1 aliphatic carbocycles.